The Labute approximate surface area is 255 Å². The zero-order valence-corrected chi connectivity index (χ0v) is 23.0. The number of hydrogen-bond donors (Lipinski definition) is 0. The number of hydrogen-bond acceptors (Lipinski definition) is 2. The molecule has 0 fully saturated rings. The van der Waals surface area contributed by atoms with Crippen molar-refractivity contribution in [3.63, 3.8) is 0 Å². The molecule has 0 bridgehead atoms. The van der Waals surface area contributed by atoms with E-state index in [2.05, 4.69) is 10.2 Å². The third kappa shape index (κ3) is 6.21. The molecule has 5 aromatic carbocycles. The van der Waals surface area contributed by atoms with Crippen LogP contribution in [0.4, 0.5) is 52.7 Å². The van der Waals surface area contributed by atoms with E-state index in [0.717, 1.165) is 4.80 Å². The van der Waals surface area contributed by atoms with Gasteiger partial charge >= 0.3 is 24.7 Å². The lowest BCUT2D eigenvalue weighted by Crippen LogP contribution is -2.11. The maximum absolute atomic E-state index is 13.6. The van der Waals surface area contributed by atoms with Crippen LogP contribution in [0.3, 0.4) is 0 Å². The van der Waals surface area contributed by atoms with E-state index in [1.165, 1.54) is 42.5 Å². The molecule has 0 atom stereocenters. The van der Waals surface area contributed by atoms with Crippen LogP contribution in [0, 0.1) is 0 Å². The standard InChI is InChI=1S/C32H15F12N3/c33-29(34,35)19-9-17(10-20(13-19)30(36,37)38)16-5-7-23(8-6-16)47-45-27-15-26(24-3-1-2-4-25(24)28(27)46-47)18-11-21(31(39,40)41)14-22(12-18)32(42,43)44/h1-15H. The van der Waals surface area contributed by atoms with Crippen LogP contribution in [0.25, 0.3) is 49.7 Å². The van der Waals surface area contributed by atoms with Crippen molar-refractivity contribution in [3.05, 3.63) is 113 Å². The van der Waals surface area contributed by atoms with Crippen molar-refractivity contribution in [1.82, 2.24) is 15.0 Å². The van der Waals surface area contributed by atoms with Crippen molar-refractivity contribution in [3.8, 4) is 27.9 Å². The highest BCUT2D eigenvalue weighted by atomic mass is 19.4. The molecule has 1 aromatic heterocycles. The van der Waals surface area contributed by atoms with Gasteiger partial charge in [0.05, 0.1) is 27.9 Å². The summed E-state index contributed by atoms with van der Waals surface area (Å²) in [7, 11) is 0. The van der Waals surface area contributed by atoms with Gasteiger partial charge in [-0.1, -0.05) is 36.4 Å². The van der Waals surface area contributed by atoms with Crippen molar-refractivity contribution in [1.29, 1.82) is 0 Å². The number of benzene rings is 5. The zero-order valence-electron chi connectivity index (χ0n) is 23.0. The molecule has 3 nitrogen and oxygen atoms in total. The second kappa shape index (κ2) is 10.7. The number of nitrogens with zero attached hydrogens (tertiary/aromatic N) is 3. The van der Waals surface area contributed by atoms with Gasteiger partial charge in [0.1, 0.15) is 11.0 Å². The molecule has 6 aromatic rings. The Morgan fingerprint density at radius 1 is 0.426 bits per heavy atom. The second-order valence-electron chi connectivity index (χ2n) is 10.5. The first-order chi connectivity index (χ1) is 21.8. The van der Waals surface area contributed by atoms with Crippen molar-refractivity contribution >= 4 is 21.8 Å². The number of aromatic nitrogens is 3. The van der Waals surface area contributed by atoms with Gasteiger partial charge in [0, 0.05) is 5.39 Å². The molecule has 0 saturated carbocycles. The summed E-state index contributed by atoms with van der Waals surface area (Å²) in [5, 5.41) is 9.35. The fourth-order valence-corrected chi connectivity index (χ4v) is 5.12. The molecule has 0 aliphatic carbocycles. The predicted molar refractivity (Wildman–Crippen MR) is 147 cm³/mol. The Bertz CT molecular complexity index is 2070. The van der Waals surface area contributed by atoms with Gasteiger partial charge in [-0.15, -0.1) is 10.2 Å². The van der Waals surface area contributed by atoms with Crippen LogP contribution in [-0.4, -0.2) is 15.0 Å². The lowest BCUT2D eigenvalue weighted by Gasteiger charge is -2.15. The first kappa shape index (κ1) is 31.9. The van der Waals surface area contributed by atoms with Crippen LogP contribution in [0.15, 0.2) is 91.0 Å². The highest BCUT2D eigenvalue weighted by molar-refractivity contribution is 6.11. The molecule has 6 rings (SSSR count). The SMILES string of the molecule is FC(F)(F)c1cc(-c2ccc(-n3nc4cc(-c5cc(C(F)(F)F)cc(C(F)(F)F)c5)c5ccccc5c4n3)cc2)cc(C(F)(F)F)c1. The van der Waals surface area contributed by atoms with E-state index in [0.29, 0.717) is 29.7 Å². The lowest BCUT2D eigenvalue weighted by molar-refractivity contribution is -0.144. The fourth-order valence-electron chi connectivity index (χ4n) is 5.12. The Balaban J connectivity index is 1.46. The summed E-state index contributed by atoms with van der Waals surface area (Å²) in [5.74, 6) is 0. The third-order valence-corrected chi connectivity index (χ3v) is 7.31. The van der Waals surface area contributed by atoms with Crippen molar-refractivity contribution in [2.45, 2.75) is 24.7 Å². The number of alkyl halides is 12. The molecule has 0 N–H and O–H groups in total. The van der Waals surface area contributed by atoms with E-state index < -0.39 is 47.0 Å². The molecule has 0 unspecified atom stereocenters. The van der Waals surface area contributed by atoms with E-state index in [1.54, 1.807) is 12.1 Å². The minimum absolute atomic E-state index is 0.0112. The Morgan fingerprint density at radius 3 is 1.34 bits per heavy atom. The average Bonchev–Trinajstić information content (AvgIpc) is 3.43. The van der Waals surface area contributed by atoms with Gasteiger partial charge in [-0.05, 0) is 82.2 Å². The van der Waals surface area contributed by atoms with E-state index in [9.17, 15) is 52.7 Å². The molecule has 0 saturated heterocycles. The lowest BCUT2D eigenvalue weighted by atomic mass is 9.94. The minimum atomic E-state index is -5.08. The van der Waals surface area contributed by atoms with Crippen LogP contribution in [-0.2, 0) is 24.7 Å². The van der Waals surface area contributed by atoms with Crippen LogP contribution in [0.5, 0.6) is 0 Å². The summed E-state index contributed by atoms with van der Waals surface area (Å²) in [6.07, 6.45) is -20.2. The molecule has 0 spiro atoms. The molecular weight excluding hydrogens is 654 g/mol. The van der Waals surface area contributed by atoms with Gasteiger partial charge in [-0.25, -0.2) is 0 Å². The second-order valence-corrected chi connectivity index (χ2v) is 10.5. The predicted octanol–water partition coefficient (Wildman–Crippen LogP) is 11.0. The quantitative estimate of drug-likeness (QED) is 0.176. The van der Waals surface area contributed by atoms with Crippen molar-refractivity contribution in [2.75, 3.05) is 0 Å². The van der Waals surface area contributed by atoms with E-state index in [4.69, 9.17) is 0 Å². The highest BCUT2D eigenvalue weighted by Gasteiger charge is 2.38. The fraction of sp³-hybridized carbons (Fsp3) is 0.125. The maximum Gasteiger partial charge on any atom is 0.416 e. The van der Waals surface area contributed by atoms with E-state index in [1.807, 2.05) is 0 Å². The highest BCUT2D eigenvalue weighted by Crippen LogP contribution is 2.42. The molecule has 15 heteroatoms. The molecule has 0 amide bonds. The number of halogens is 12. The van der Waals surface area contributed by atoms with Crippen LogP contribution >= 0.6 is 0 Å². The monoisotopic (exact) mass is 669 g/mol. The summed E-state index contributed by atoms with van der Waals surface area (Å²) < 4.78 is 162. The average molecular weight is 669 g/mol. The minimum Gasteiger partial charge on any atom is -0.166 e. The summed E-state index contributed by atoms with van der Waals surface area (Å²) in [6.45, 7) is 0. The Kier molecular flexibility index (Phi) is 7.29. The van der Waals surface area contributed by atoms with Crippen LogP contribution < -0.4 is 0 Å². The Hall–Kier alpha value is -5.08. The van der Waals surface area contributed by atoms with Gasteiger partial charge in [0.15, 0.2) is 0 Å². The van der Waals surface area contributed by atoms with Crippen LogP contribution in [0.1, 0.15) is 22.3 Å². The molecule has 0 aliphatic heterocycles. The summed E-state index contributed by atoms with van der Waals surface area (Å²) in [4.78, 5) is 1.07. The summed E-state index contributed by atoms with van der Waals surface area (Å²) >= 11 is 0. The molecule has 47 heavy (non-hydrogen) atoms. The molecule has 242 valence electrons. The summed E-state index contributed by atoms with van der Waals surface area (Å²) in [5.41, 5.74) is -6.17. The number of fused-ring (bicyclic) bond motifs is 3. The van der Waals surface area contributed by atoms with Gasteiger partial charge in [-0.3, -0.25) is 0 Å². The van der Waals surface area contributed by atoms with Gasteiger partial charge in [0.25, 0.3) is 0 Å². The van der Waals surface area contributed by atoms with E-state index in [-0.39, 0.29) is 56.5 Å². The zero-order chi connectivity index (χ0) is 34.1. The molecule has 0 aliphatic rings. The van der Waals surface area contributed by atoms with Crippen molar-refractivity contribution < 1.29 is 52.7 Å². The Morgan fingerprint density at radius 2 is 0.872 bits per heavy atom. The van der Waals surface area contributed by atoms with Gasteiger partial charge in [0.2, 0.25) is 0 Å². The molecule has 1 heterocycles. The van der Waals surface area contributed by atoms with Gasteiger partial charge in [-0.2, -0.15) is 57.5 Å². The van der Waals surface area contributed by atoms with E-state index >= 15 is 0 Å². The summed E-state index contributed by atoms with van der Waals surface area (Å²) in [6, 6.07) is 15.0. The van der Waals surface area contributed by atoms with Crippen molar-refractivity contribution in [2.24, 2.45) is 0 Å². The maximum atomic E-state index is 13.6. The third-order valence-electron chi connectivity index (χ3n) is 7.31. The topological polar surface area (TPSA) is 30.7 Å². The van der Waals surface area contributed by atoms with Crippen LogP contribution in [0.2, 0.25) is 0 Å². The molecule has 0 radical (unpaired) electrons. The first-order valence-corrected chi connectivity index (χ1v) is 13.3. The molecular formula is C32H15F12N3. The normalized spacial score (nSPS) is 13.1. The number of rotatable bonds is 3. The smallest absolute Gasteiger partial charge is 0.166 e. The largest absolute Gasteiger partial charge is 0.416 e. The van der Waals surface area contributed by atoms with Gasteiger partial charge < -0.3 is 0 Å². The first-order valence-electron chi connectivity index (χ1n) is 13.3.